The highest BCUT2D eigenvalue weighted by Gasteiger charge is 2.22. The number of hydrogen-bond acceptors (Lipinski definition) is 2. The normalized spacial score (nSPS) is 16.7. The Morgan fingerprint density at radius 1 is 1.37 bits per heavy atom. The van der Waals surface area contributed by atoms with Crippen molar-refractivity contribution in [1.29, 1.82) is 0 Å². The molecule has 0 aromatic heterocycles. The van der Waals surface area contributed by atoms with Gasteiger partial charge in [0.05, 0.1) is 6.04 Å². The zero-order valence-electron chi connectivity index (χ0n) is 11.0. The number of amides is 1. The maximum Gasteiger partial charge on any atom is 0.239 e. The number of likely N-dealkylation sites (tertiary alicyclic amines) is 1. The lowest BCUT2D eigenvalue weighted by Crippen LogP contribution is -2.43. The minimum atomic E-state index is -0.595. The second kappa shape index (κ2) is 6.10. The van der Waals surface area contributed by atoms with Crippen LogP contribution >= 0.6 is 0 Å². The summed E-state index contributed by atoms with van der Waals surface area (Å²) in [5.41, 5.74) is 0.363. The Kier molecular flexibility index (Phi) is 4.47. The van der Waals surface area contributed by atoms with Gasteiger partial charge < -0.3 is 10.2 Å². The summed E-state index contributed by atoms with van der Waals surface area (Å²) >= 11 is 0. The highest BCUT2D eigenvalue weighted by Crippen LogP contribution is 2.11. The van der Waals surface area contributed by atoms with E-state index < -0.39 is 11.6 Å². The smallest absolute Gasteiger partial charge is 0.239 e. The van der Waals surface area contributed by atoms with Gasteiger partial charge in [-0.25, -0.2) is 8.78 Å². The van der Waals surface area contributed by atoms with Gasteiger partial charge >= 0.3 is 0 Å². The van der Waals surface area contributed by atoms with Crippen LogP contribution in [0.1, 0.15) is 25.3 Å². The Hall–Kier alpha value is -1.49. The summed E-state index contributed by atoms with van der Waals surface area (Å²) in [5, 5.41) is 2.98. The molecule has 0 bridgehead atoms. The summed E-state index contributed by atoms with van der Waals surface area (Å²) in [6, 6.07) is 3.10. The van der Waals surface area contributed by atoms with E-state index >= 15 is 0 Å². The molecule has 1 atom stereocenters. The second-order valence-electron chi connectivity index (χ2n) is 4.87. The maximum absolute atomic E-state index is 13.4. The maximum atomic E-state index is 13.4. The van der Waals surface area contributed by atoms with E-state index in [0.717, 1.165) is 32.0 Å². The third-order valence-corrected chi connectivity index (χ3v) is 3.40. The molecule has 3 nitrogen and oxygen atoms in total. The number of carbonyl (C=O) groups excluding carboxylic acids is 1. The van der Waals surface area contributed by atoms with Crippen molar-refractivity contribution in [2.75, 3.05) is 13.1 Å². The van der Waals surface area contributed by atoms with Crippen molar-refractivity contribution < 1.29 is 13.6 Å². The lowest BCUT2D eigenvalue weighted by Gasteiger charge is -2.21. The Bertz CT molecular complexity index is 459. The van der Waals surface area contributed by atoms with Gasteiger partial charge in [-0.3, -0.25) is 4.79 Å². The Balaban J connectivity index is 1.88. The van der Waals surface area contributed by atoms with Gasteiger partial charge in [0, 0.05) is 31.3 Å². The van der Waals surface area contributed by atoms with Crippen LogP contribution in [0, 0.1) is 11.6 Å². The molecule has 19 heavy (non-hydrogen) atoms. The van der Waals surface area contributed by atoms with E-state index in [0.29, 0.717) is 5.56 Å². The number of rotatable bonds is 4. The minimum absolute atomic E-state index is 0.0417. The summed E-state index contributed by atoms with van der Waals surface area (Å²) in [7, 11) is 0. The van der Waals surface area contributed by atoms with Crippen molar-refractivity contribution in [3.63, 3.8) is 0 Å². The van der Waals surface area contributed by atoms with Gasteiger partial charge in [0.1, 0.15) is 11.6 Å². The molecule has 5 heteroatoms. The highest BCUT2D eigenvalue weighted by molar-refractivity contribution is 5.81. The third kappa shape index (κ3) is 3.50. The molecule has 1 aromatic rings. The predicted octanol–water partition coefficient (Wildman–Crippen LogP) is 2.07. The van der Waals surface area contributed by atoms with Gasteiger partial charge in [0.25, 0.3) is 0 Å². The summed E-state index contributed by atoms with van der Waals surface area (Å²) in [4.78, 5) is 13.8. The van der Waals surface area contributed by atoms with E-state index in [1.807, 2.05) is 4.90 Å². The van der Waals surface area contributed by atoms with Crippen LogP contribution in [0.3, 0.4) is 0 Å². The van der Waals surface area contributed by atoms with E-state index in [2.05, 4.69) is 5.32 Å². The SMILES string of the molecule is CC(NCc1ccc(F)cc1F)C(=O)N1CCCC1. The fourth-order valence-corrected chi connectivity index (χ4v) is 2.23. The van der Waals surface area contributed by atoms with E-state index in [9.17, 15) is 13.6 Å². The topological polar surface area (TPSA) is 32.3 Å². The van der Waals surface area contributed by atoms with Crippen LogP contribution < -0.4 is 5.32 Å². The third-order valence-electron chi connectivity index (χ3n) is 3.40. The first-order valence-corrected chi connectivity index (χ1v) is 6.54. The summed E-state index contributed by atoms with van der Waals surface area (Å²) in [5.74, 6) is -1.14. The van der Waals surface area contributed by atoms with Gasteiger partial charge in [-0.15, -0.1) is 0 Å². The van der Waals surface area contributed by atoms with Crippen LogP contribution in [-0.2, 0) is 11.3 Å². The zero-order valence-corrected chi connectivity index (χ0v) is 11.0. The van der Waals surface area contributed by atoms with Crippen molar-refractivity contribution in [3.8, 4) is 0 Å². The first-order valence-electron chi connectivity index (χ1n) is 6.54. The van der Waals surface area contributed by atoms with Crippen molar-refractivity contribution in [3.05, 3.63) is 35.4 Å². The molecular formula is C14H18F2N2O. The van der Waals surface area contributed by atoms with Crippen LogP contribution in [0.4, 0.5) is 8.78 Å². The van der Waals surface area contributed by atoms with E-state index in [4.69, 9.17) is 0 Å². The predicted molar refractivity (Wildman–Crippen MR) is 68.5 cm³/mol. The number of carbonyl (C=O) groups is 1. The summed E-state index contributed by atoms with van der Waals surface area (Å²) in [6.07, 6.45) is 2.09. The number of nitrogens with zero attached hydrogens (tertiary/aromatic N) is 1. The summed E-state index contributed by atoms with van der Waals surface area (Å²) < 4.78 is 26.2. The molecule has 1 aromatic carbocycles. The van der Waals surface area contributed by atoms with Gasteiger partial charge in [-0.05, 0) is 25.8 Å². The molecule has 0 spiro atoms. The largest absolute Gasteiger partial charge is 0.341 e. The molecule has 1 N–H and O–H groups in total. The fraction of sp³-hybridized carbons (Fsp3) is 0.500. The van der Waals surface area contributed by atoms with E-state index in [1.165, 1.54) is 12.1 Å². The first-order chi connectivity index (χ1) is 9.08. The van der Waals surface area contributed by atoms with Crippen LogP contribution in [0.2, 0.25) is 0 Å². The van der Waals surface area contributed by atoms with Crippen molar-refractivity contribution in [2.24, 2.45) is 0 Å². The Morgan fingerprint density at radius 3 is 2.68 bits per heavy atom. The van der Waals surface area contributed by atoms with E-state index in [1.54, 1.807) is 6.92 Å². The molecule has 1 heterocycles. The quantitative estimate of drug-likeness (QED) is 0.906. The van der Waals surface area contributed by atoms with Gasteiger partial charge in [-0.1, -0.05) is 6.07 Å². The molecule has 1 unspecified atom stereocenters. The molecule has 104 valence electrons. The average molecular weight is 268 g/mol. The van der Waals surface area contributed by atoms with Crippen molar-refractivity contribution in [1.82, 2.24) is 10.2 Å². The fourth-order valence-electron chi connectivity index (χ4n) is 2.23. The van der Waals surface area contributed by atoms with Crippen LogP contribution in [-0.4, -0.2) is 29.9 Å². The zero-order chi connectivity index (χ0) is 13.8. The molecule has 1 saturated heterocycles. The Labute approximate surface area is 111 Å². The molecular weight excluding hydrogens is 250 g/mol. The highest BCUT2D eigenvalue weighted by atomic mass is 19.1. The second-order valence-corrected chi connectivity index (χ2v) is 4.87. The number of hydrogen-bond donors (Lipinski definition) is 1. The number of benzene rings is 1. The molecule has 1 aliphatic rings. The molecule has 1 aliphatic heterocycles. The monoisotopic (exact) mass is 268 g/mol. The lowest BCUT2D eigenvalue weighted by atomic mass is 10.2. The summed E-state index contributed by atoms with van der Waals surface area (Å²) in [6.45, 7) is 3.58. The number of nitrogens with one attached hydrogen (secondary N) is 1. The lowest BCUT2D eigenvalue weighted by molar-refractivity contribution is -0.132. The van der Waals surface area contributed by atoms with Crippen LogP contribution in [0.15, 0.2) is 18.2 Å². The van der Waals surface area contributed by atoms with E-state index in [-0.39, 0.29) is 18.5 Å². The van der Waals surface area contributed by atoms with Crippen molar-refractivity contribution in [2.45, 2.75) is 32.4 Å². The van der Waals surface area contributed by atoms with Crippen LogP contribution in [0.25, 0.3) is 0 Å². The number of halogens is 2. The van der Waals surface area contributed by atoms with Gasteiger partial charge in [0.15, 0.2) is 0 Å². The molecule has 0 radical (unpaired) electrons. The standard InChI is InChI=1S/C14H18F2N2O/c1-10(14(19)18-6-2-3-7-18)17-9-11-4-5-12(15)8-13(11)16/h4-5,8,10,17H,2-3,6-7,9H2,1H3. The average Bonchev–Trinajstić information content (AvgIpc) is 2.90. The van der Waals surface area contributed by atoms with Gasteiger partial charge in [0.2, 0.25) is 5.91 Å². The Morgan fingerprint density at radius 2 is 2.05 bits per heavy atom. The minimum Gasteiger partial charge on any atom is -0.341 e. The molecule has 0 aliphatic carbocycles. The van der Waals surface area contributed by atoms with Gasteiger partial charge in [-0.2, -0.15) is 0 Å². The first kappa shape index (κ1) is 13.9. The molecule has 1 fully saturated rings. The van der Waals surface area contributed by atoms with Crippen LogP contribution in [0.5, 0.6) is 0 Å². The molecule has 2 rings (SSSR count). The van der Waals surface area contributed by atoms with Crippen molar-refractivity contribution >= 4 is 5.91 Å². The molecule has 0 saturated carbocycles. The molecule has 1 amide bonds.